The molecule has 3 unspecified atom stereocenters. The summed E-state index contributed by atoms with van der Waals surface area (Å²) in [5.74, 6) is 2.54. The Morgan fingerprint density at radius 2 is 1.62 bits per heavy atom. The van der Waals surface area contributed by atoms with Crippen LogP contribution in [0.1, 0.15) is 58.3 Å². The number of rotatable bonds is 2. The van der Waals surface area contributed by atoms with E-state index in [9.17, 15) is 0 Å². The van der Waals surface area contributed by atoms with E-state index >= 15 is 0 Å². The summed E-state index contributed by atoms with van der Waals surface area (Å²) in [7, 11) is 0. The third-order valence-corrected chi connectivity index (χ3v) is 5.55. The van der Waals surface area contributed by atoms with Gasteiger partial charge in [0.2, 0.25) is 0 Å². The molecule has 16 heavy (non-hydrogen) atoms. The molecule has 2 aliphatic carbocycles. The minimum Gasteiger partial charge on any atom is -0.123 e. The van der Waals surface area contributed by atoms with Crippen molar-refractivity contribution in [3.8, 4) is 0 Å². The van der Waals surface area contributed by atoms with Crippen LogP contribution >= 0.6 is 23.2 Å². The van der Waals surface area contributed by atoms with Crippen molar-refractivity contribution in [1.29, 1.82) is 0 Å². The van der Waals surface area contributed by atoms with E-state index in [0.29, 0.717) is 10.8 Å². The molecule has 0 saturated heterocycles. The Morgan fingerprint density at radius 1 is 0.938 bits per heavy atom. The maximum absolute atomic E-state index is 6.50. The molecule has 0 spiro atoms. The van der Waals surface area contributed by atoms with E-state index in [1.807, 2.05) is 0 Å². The number of hydrogen-bond acceptors (Lipinski definition) is 0. The lowest BCUT2D eigenvalue weighted by Gasteiger charge is -2.35. The average molecular weight is 263 g/mol. The summed E-state index contributed by atoms with van der Waals surface area (Å²) in [6.45, 7) is 2.34. The van der Waals surface area contributed by atoms with E-state index in [0.717, 1.165) is 17.8 Å². The average Bonchev–Trinajstić information content (AvgIpc) is 2.25. The van der Waals surface area contributed by atoms with Gasteiger partial charge in [0.15, 0.2) is 0 Å². The lowest BCUT2D eigenvalue weighted by atomic mass is 9.75. The number of hydrogen-bond donors (Lipinski definition) is 0. The van der Waals surface area contributed by atoms with Crippen LogP contribution in [0.3, 0.4) is 0 Å². The van der Waals surface area contributed by atoms with Crippen LogP contribution in [0.4, 0.5) is 0 Å². The first kappa shape index (κ1) is 13.0. The second-order valence-corrected chi connectivity index (χ2v) is 7.23. The highest BCUT2D eigenvalue weighted by atomic mass is 35.5. The zero-order valence-corrected chi connectivity index (χ0v) is 11.8. The summed E-state index contributed by atoms with van der Waals surface area (Å²) < 4.78 is 0. The van der Waals surface area contributed by atoms with Gasteiger partial charge in [-0.3, -0.25) is 0 Å². The van der Waals surface area contributed by atoms with Gasteiger partial charge in [-0.1, -0.05) is 13.3 Å². The first-order valence-electron chi connectivity index (χ1n) is 6.93. The molecule has 0 radical (unpaired) electrons. The summed E-state index contributed by atoms with van der Waals surface area (Å²) in [5.41, 5.74) is 0. The van der Waals surface area contributed by atoms with Gasteiger partial charge in [0.05, 0.1) is 0 Å². The fourth-order valence-electron chi connectivity index (χ4n) is 3.43. The highest BCUT2D eigenvalue weighted by Gasteiger charge is 2.30. The van der Waals surface area contributed by atoms with Crippen molar-refractivity contribution in [3.63, 3.8) is 0 Å². The summed E-state index contributed by atoms with van der Waals surface area (Å²) in [6, 6.07) is 0. The minimum absolute atomic E-state index is 0.442. The van der Waals surface area contributed by atoms with Crippen molar-refractivity contribution in [2.45, 2.75) is 69.0 Å². The maximum Gasteiger partial charge on any atom is 0.0366 e. The van der Waals surface area contributed by atoms with Gasteiger partial charge in [-0.15, -0.1) is 23.2 Å². The molecule has 2 heteroatoms. The molecule has 0 aromatic heterocycles. The molecule has 0 N–H and O–H groups in total. The molecular weight excluding hydrogens is 239 g/mol. The van der Waals surface area contributed by atoms with Crippen molar-refractivity contribution >= 4 is 23.2 Å². The lowest BCUT2D eigenvalue weighted by Crippen LogP contribution is -2.27. The number of halogens is 2. The standard InChI is InChI=1S/C14H24Cl2/c1-10-2-5-12(14(16)8-10)9-11-3-6-13(15)7-4-11/h10-14H,2-9H2,1H3. The zero-order valence-electron chi connectivity index (χ0n) is 10.3. The van der Waals surface area contributed by atoms with Crippen LogP contribution in [-0.4, -0.2) is 10.8 Å². The third kappa shape index (κ3) is 3.53. The molecule has 2 fully saturated rings. The molecule has 0 nitrogen and oxygen atoms in total. The van der Waals surface area contributed by atoms with Gasteiger partial charge in [0.1, 0.15) is 0 Å². The Balaban J connectivity index is 1.76. The summed E-state index contributed by atoms with van der Waals surface area (Å²) in [4.78, 5) is 0. The van der Waals surface area contributed by atoms with Crippen LogP contribution in [0, 0.1) is 17.8 Å². The molecule has 2 rings (SSSR count). The Hall–Kier alpha value is 0.580. The quantitative estimate of drug-likeness (QED) is 0.599. The van der Waals surface area contributed by atoms with Gasteiger partial charge in [0.25, 0.3) is 0 Å². The van der Waals surface area contributed by atoms with Crippen LogP contribution in [0.15, 0.2) is 0 Å². The van der Waals surface area contributed by atoms with E-state index in [2.05, 4.69) is 6.92 Å². The molecular formula is C14H24Cl2. The van der Waals surface area contributed by atoms with Gasteiger partial charge in [-0.25, -0.2) is 0 Å². The van der Waals surface area contributed by atoms with Crippen molar-refractivity contribution in [1.82, 2.24) is 0 Å². The summed E-state index contributed by atoms with van der Waals surface area (Å²) >= 11 is 12.6. The van der Waals surface area contributed by atoms with E-state index in [4.69, 9.17) is 23.2 Å². The van der Waals surface area contributed by atoms with E-state index < -0.39 is 0 Å². The molecule has 0 aromatic rings. The Labute approximate surface area is 110 Å². The SMILES string of the molecule is CC1CCC(CC2CCC(Cl)CC2)C(Cl)C1. The van der Waals surface area contributed by atoms with Crippen LogP contribution in [0.25, 0.3) is 0 Å². The smallest absolute Gasteiger partial charge is 0.0366 e. The van der Waals surface area contributed by atoms with Crippen LogP contribution in [-0.2, 0) is 0 Å². The van der Waals surface area contributed by atoms with Gasteiger partial charge in [-0.05, 0) is 62.7 Å². The van der Waals surface area contributed by atoms with E-state index in [1.54, 1.807) is 0 Å². The highest BCUT2D eigenvalue weighted by Crippen LogP contribution is 2.39. The number of alkyl halides is 2. The Bertz CT molecular complexity index is 209. The van der Waals surface area contributed by atoms with Gasteiger partial charge in [0, 0.05) is 10.8 Å². The molecule has 0 amide bonds. The molecule has 94 valence electrons. The third-order valence-electron chi connectivity index (χ3n) is 4.58. The van der Waals surface area contributed by atoms with Gasteiger partial charge < -0.3 is 0 Å². The normalized spacial score (nSPS) is 45.6. The van der Waals surface area contributed by atoms with E-state index in [1.165, 1.54) is 51.4 Å². The molecule has 0 aromatic carbocycles. The van der Waals surface area contributed by atoms with Crippen molar-refractivity contribution in [3.05, 3.63) is 0 Å². The Morgan fingerprint density at radius 3 is 2.25 bits per heavy atom. The lowest BCUT2D eigenvalue weighted by molar-refractivity contribution is 0.224. The summed E-state index contributed by atoms with van der Waals surface area (Å²) in [5, 5.41) is 0.895. The zero-order chi connectivity index (χ0) is 11.5. The van der Waals surface area contributed by atoms with E-state index in [-0.39, 0.29) is 0 Å². The van der Waals surface area contributed by atoms with Crippen LogP contribution < -0.4 is 0 Å². The van der Waals surface area contributed by atoms with Gasteiger partial charge >= 0.3 is 0 Å². The predicted molar refractivity (Wildman–Crippen MR) is 72.4 cm³/mol. The predicted octanol–water partition coefficient (Wildman–Crippen LogP) is 5.22. The first-order chi connectivity index (χ1) is 7.65. The molecule has 0 bridgehead atoms. The largest absolute Gasteiger partial charge is 0.123 e. The van der Waals surface area contributed by atoms with Crippen molar-refractivity contribution < 1.29 is 0 Å². The molecule has 0 aliphatic heterocycles. The molecule has 2 saturated carbocycles. The minimum atomic E-state index is 0.442. The molecule has 2 aliphatic rings. The van der Waals surface area contributed by atoms with Crippen LogP contribution in [0.2, 0.25) is 0 Å². The molecule has 3 atom stereocenters. The fourth-order valence-corrected chi connectivity index (χ4v) is 4.21. The second kappa shape index (κ2) is 5.96. The van der Waals surface area contributed by atoms with Gasteiger partial charge in [-0.2, -0.15) is 0 Å². The Kier molecular flexibility index (Phi) is 4.85. The fraction of sp³-hybridized carbons (Fsp3) is 1.00. The monoisotopic (exact) mass is 262 g/mol. The first-order valence-corrected chi connectivity index (χ1v) is 7.80. The maximum atomic E-state index is 6.50. The highest BCUT2D eigenvalue weighted by molar-refractivity contribution is 6.21. The van der Waals surface area contributed by atoms with Crippen LogP contribution in [0.5, 0.6) is 0 Å². The second-order valence-electron chi connectivity index (χ2n) is 6.05. The van der Waals surface area contributed by atoms with Crippen molar-refractivity contribution in [2.24, 2.45) is 17.8 Å². The molecule has 0 heterocycles. The topological polar surface area (TPSA) is 0 Å². The van der Waals surface area contributed by atoms with Crippen molar-refractivity contribution in [2.75, 3.05) is 0 Å². The summed E-state index contributed by atoms with van der Waals surface area (Å²) in [6.07, 6.45) is 10.5.